The molecule has 7 heteroatoms. The summed E-state index contributed by atoms with van der Waals surface area (Å²) in [6, 6.07) is 1.88. The molecule has 2 heterocycles. The number of nitrogens with two attached hydrogens (primary N) is 1. The molecule has 0 bridgehead atoms. The Bertz CT molecular complexity index is 541. The fraction of sp³-hybridized carbons (Fsp3) is 0.300. The first-order valence-electron chi connectivity index (χ1n) is 5.00. The summed E-state index contributed by atoms with van der Waals surface area (Å²) in [5.74, 6) is 0.373. The highest BCUT2D eigenvalue weighted by Gasteiger charge is 2.09. The lowest BCUT2D eigenvalue weighted by atomic mass is 10.4. The van der Waals surface area contributed by atoms with Gasteiger partial charge in [-0.05, 0) is 18.4 Å². The van der Waals surface area contributed by atoms with Crippen LogP contribution in [-0.4, -0.2) is 28.3 Å². The lowest BCUT2D eigenvalue weighted by molar-refractivity contribution is -0.139. The summed E-state index contributed by atoms with van der Waals surface area (Å²) in [4.78, 5) is 20.5. The van der Waals surface area contributed by atoms with Crippen LogP contribution < -0.4 is 5.73 Å². The number of thioether (sulfide) groups is 1. The van der Waals surface area contributed by atoms with Gasteiger partial charge in [0.1, 0.15) is 10.6 Å². The second kappa shape index (κ2) is 5.33. The highest BCUT2D eigenvalue weighted by Crippen LogP contribution is 2.26. The molecule has 90 valence electrons. The normalized spacial score (nSPS) is 10.6. The zero-order chi connectivity index (χ0) is 12.3. The molecule has 0 aromatic carbocycles. The first kappa shape index (κ1) is 12.1. The van der Waals surface area contributed by atoms with Gasteiger partial charge in [-0.25, -0.2) is 9.97 Å². The molecule has 0 radical (unpaired) electrons. The van der Waals surface area contributed by atoms with Crippen LogP contribution in [0, 0.1) is 0 Å². The third-order valence-corrected chi connectivity index (χ3v) is 3.59. The van der Waals surface area contributed by atoms with Crippen molar-refractivity contribution in [2.24, 2.45) is 0 Å². The van der Waals surface area contributed by atoms with E-state index in [0.29, 0.717) is 17.6 Å². The maximum absolute atomic E-state index is 11.2. The van der Waals surface area contributed by atoms with Crippen LogP contribution in [-0.2, 0) is 9.53 Å². The molecular weight excluding hydrogens is 258 g/mol. The molecule has 0 spiro atoms. The molecule has 0 unspecified atom stereocenters. The van der Waals surface area contributed by atoms with Crippen LogP contribution in [0.5, 0.6) is 0 Å². The number of nitrogen functional groups attached to an aromatic ring is 1. The fourth-order valence-corrected chi connectivity index (χ4v) is 2.73. The monoisotopic (exact) mass is 269 g/mol. The zero-order valence-electron chi connectivity index (χ0n) is 9.17. The molecule has 2 aromatic rings. The summed E-state index contributed by atoms with van der Waals surface area (Å²) >= 11 is 2.73. The number of esters is 1. The van der Waals surface area contributed by atoms with Gasteiger partial charge in [-0.15, -0.1) is 11.3 Å². The van der Waals surface area contributed by atoms with E-state index in [2.05, 4.69) is 9.97 Å². The third kappa shape index (κ3) is 2.86. The number of carbonyl (C=O) groups excluding carboxylic acids is 1. The van der Waals surface area contributed by atoms with Gasteiger partial charge < -0.3 is 10.5 Å². The van der Waals surface area contributed by atoms with Crippen LogP contribution in [0.15, 0.2) is 16.6 Å². The van der Waals surface area contributed by atoms with Crippen LogP contribution >= 0.6 is 23.1 Å². The van der Waals surface area contributed by atoms with Crippen molar-refractivity contribution in [1.82, 2.24) is 9.97 Å². The molecule has 2 rings (SSSR count). The average Bonchev–Trinajstić information content (AvgIpc) is 2.75. The molecule has 0 saturated carbocycles. The van der Waals surface area contributed by atoms with Crippen molar-refractivity contribution in [2.75, 3.05) is 18.1 Å². The Labute approximate surface area is 106 Å². The van der Waals surface area contributed by atoms with Gasteiger partial charge >= 0.3 is 5.97 Å². The first-order chi connectivity index (χ1) is 8.20. The number of hydrogen-bond acceptors (Lipinski definition) is 7. The van der Waals surface area contributed by atoms with Crippen LogP contribution in [0.1, 0.15) is 6.92 Å². The fourth-order valence-electron chi connectivity index (χ4n) is 1.25. The number of rotatable bonds is 4. The van der Waals surface area contributed by atoms with E-state index >= 15 is 0 Å². The van der Waals surface area contributed by atoms with Crippen molar-refractivity contribution in [2.45, 2.75) is 12.1 Å². The Morgan fingerprint density at radius 2 is 2.41 bits per heavy atom. The number of thiophene rings is 1. The topological polar surface area (TPSA) is 78.1 Å². The maximum atomic E-state index is 11.2. The predicted octanol–water partition coefficient (Wildman–Crippen LogP) is 1.93. The molecule has 0 saturated heterocycles. The molecule has 5 nitrogen and oxygen atoms in total. The van der Waals surface area contributed by atoms with Crippen LogP contribution in [0.25, 0.3) is 10.2 Å². The van der Waals surface area contributed by atoms with Crippen molar-refractivity contribution in [3.63, 3.8) is 0 Å². The van der Waals surface area contributed by atoms with Gasteiger partial charge in [0.05, 0.1) is 17.7 Å². The highest BCUT2D eigenvalue weighted by molar-refractivity contribution is 7.99. The molecule has 2 aromatic heterocycles. The van der Waals surface area contributed by atoms with E-state index in [9.17, 15) is 4.79 Å². The summed E-state index contributed by atoms with van der Waals surface area (Å²) in [5.41, 5.74) is 5.79. The number of ether oxygens (including phenoxy) is 1. The summed E-state index contributed by atoms with van der Waals surface area (Å²) in [7, 11) is 0. The van der Waals surface area contributed by atoms with Gasteiger partial charge in [-0.2, -0.15) is 0 Å². The molecule has 2 N–H and O–H groups in total. The van der Waals surface area contributed by atoms with E-state index in [4.69, 9.17) is 10.5 Å². The standard InChI is InChI=1S/C10H11N3O2S2/c1-2-15-7(14)5-17-10-12-8(11)6-3-4-16-9(6)13-10/h3-4H,2,5H2,1H3,(H2,11,12,13). The van der Waals surface area contributed by atoms with Crippen molar-refractivity contribution in [3.8, 4) is 0 Å². The Hall–Kier alpha value is -1.34. The van der Waals surface area contributed by atoms with E-state index in [-0.39, 0.29) is 11.7 Å². The van der Waals surface area contributed by atoms with Gasteiger partial charge in [-0.3, -0.25) is 4.79 Å². The van der Waals surface area contributed by atoms with E-state index in [0.717, 1.165) is 10.2 Å². The van der Waals surface area contributed by atoms with Crippen molar-refractivity contribution in [3.05, 3.63) is 11.4 Å². The molecule has 0 atom stereocenters. The van der Waals surface area contributed by atoms with Gasteiger partial charge in [0.15, 0.2) is 5.16 Å². The van der Waals surface area contributed by atoms with E-state index in [1.54, 1.807) is 6.92 Å². The minimum Gasteiger partial charge on any atom is -0.465 e. The smallest absolute Gasteiger partial charge is 0.316 e. The first-order valence-corrected chi connectivity index (χ1v) is 6.86. The molecule has 0 aliphatic carbocycles. The summed E-state index contributed by atoms with van der Waals surface area (Å²) in [6.07, 6.45) is 0. The number of anilines is 1. The minimum absolute atomic E-state index is 0.199. The molecular formula is C10H11N3O2S2. The van der Waals surface area contributed by atoms with E-state index < -0.39 is 0 Å². The predicted molar refractivity (Wildman–Crippen MR) is 69.2 cm³/mol. The van der Waals surface area contributed by atoms with Gasteiger partial charge in [0.25, 0.3) is 0 Å². The Balaban J connectivity index is 2.11. The van der Waals surface area contributed by atoms with Crippen LogP contribution in [0.3, 0.4) is 0 Å². The van der Waals surface area contributed by atoms with Crippen molar-refractivity contribution in [1.29, 1.82) is 0 Å². The average molecular weight is 269 g/mol. The second-order valence-corrected chi connectivity index (χ2v) is 4.96. The highest BCUT2D eigenvalue weighted by atomic mass is 32.2. The molecule has 0 aliphatic heterocycles. The Morgan fingerprint density at radius 1 is 1.59 bits per heavy atom. The quantitative estimate of drug-likeness (QED) is 0.519. The van der Waals surface area contributed by atoms with Crippen LogP contribution in [0.4, 0.5) is 5.82 Å². The van der Waals surface area contributed by atoms with Gasteiger partial charge in [-0.1, -0.05) is 11.8 Å². The van der Waals surface area contributed by atoms with E-state index in [1.807, 2.05) is 11.4 Å². The number of aromatic nitrogens is 2. The SMILES string of the molecule is CCOC(=O)CSc1nc(N)c2ccsc2n1. The Morgan fingerprint density at radius 3 is 3.18 bits per heavy atom. The maximum Gasteiger partial charge on any atom is 0.316 e. The summed E-state index contributed by atoms with van der Waals surface area (Å²) < 4.78 is 4.82. The number of hydrogen-bond donors (Lipinski definition) is 1. The summed E-state index contributed by atoms with van der Waals surface area (Å²) in [5, 5.41) is 3.27. The largest absolute Gasteiger partial charge is 0.465 e. The van der Waals surface area contributed by atoms with Crippen molar-refractivity contribution >= 4 is 45.1 Å². The number of carbonyl (C=O) groups is 1. The molecule has 0 amide bonds. The third-order valence-electron chi connectivity index (χ3n) is 1.96. The van der Waals surface area contributed by atoms with Crippen LogP contribution in [0.2, 0.25) is 0 Å². The molecule has 0 fully saturated rings. The lowest BCUT2D eigenvalue weighted by Crippen LogP contribution is -2.07. The van der Waals surface area contributed by atoms with Gasteiger partial charge in [0, 0.05) is 0 Å². The van der Waals surface area contributed by atoms with E-state index in [1.165, 1.54) is 23.1 Å². The zero-order valence-corrected chi connectivity index (χ0v) is 10.8. The number of fused-ring (bicyclic) bond motifs is 1. The molecule has 17 heavy (non-hydrogen) atoms. The second-order valence-electron chi connectivity index (χ2n) is 3.12. The lowest BCUT2D eigenvalue weighted by Gasteiger charge is -2.02. The number of nitrogens with zero attached hydrogens (tertiary/aromatic N) is 2. The minimum atomic E-state index is -0.272. The summed E-state index contributed by atoms with van der Waals surface area (Å²) in [6.45, 7) is 2.15. The van der Waals surface area contributed by atoms with Crippen molar-refractivity contribution < 1.29 is 9.53 Å². The Kier molecular flexibility index (Phi) is 3.80. The van der Waals surface area contributed by atoms with Gasteiger partial charge in [0.2, 0.25) is 0 Å². The molecule has 0 aliphatic rings.